The van der Waals surface area contributed by atoms with Crippen molar-refractivity contribution < 1.29 is 19.4 Å². The molecule has 33 heavy (non-hydrogen) atoms. The third-order valence-corrected chi connectivity index (χ3v) is 6.37. The van der Waals surface area contributed by atoms with Gasteiger partial charge in [-0.3, -0.25) is 9.69 Å². The number of carboxylic acid groups (broad SMARTS) is 1. The first kappa shape index (κ1) is 24.8. The Morgan fingerprint density at radius 1 is 0.970 bits per heavy atom. The van der Waals surface area contributed by atoms with E-state index in [4.69, 9.17) is 4.74 Å². The number of ether oxygens (including phenoxy) is 1. The maximum atomic E-state index is 12.4. The van der Waals surface area contributed by atoms with E-state index in [0.29, 0.717) is 26.1 Å². The fraction of sp³-hybridized carbons (Fsp3) is 0.481. The molecule has 0 bridgehead atoms. The van der Waals surface area contributed by atoms with E-state index in [1.807, 2.05) is 29.2 Å². The van der Waals surface area contributed by atoms with Crippen molar-refractivity contribution in [2.45, 2.75) is 57.9 Å². The van der Waals surface area contributed by atoms with Gasteiger partial charge in [0, 0.05) is 19.0 Å². The second-order valence-electron chi connectivity index (χ2n) is 8.64. The molecule has 6 nitrogen and oxygen atoms in total. The Labute approximate surface area is 196 Å². The molecule has 0 aliphatic heterocycles. The Bertz CT molecular complexity index is 884. The average molecular weight is 453 g/mol. The molecule has 0 saturated carbocycles. The third-order valence-electron chi connectivity index (χ3n) is 6.37. The van der Waals surface area contributed by atoms with Crippen molar-refractivity contribution in [2.75, 3.05) is 26.2 Å². The molecule has 0 spiro atoms. The zero-order chi connectivity index (χ0) is 23.6. The van der Waals surface area contributed by atoms with Gasteiger partial charge >= 0.3 is 12.1 Å². The lowest BCUT2D eigenvalue weighted by molar-refractivity contribution is -0.143. The number of carbonyl (C=O) groups excluding carboxylic acids is 1. The molecule has 0 radical (unpaired) electrons. The van der Waals surface area contributed by atoms with Crippen LogP contribution in [0.1, 0.15) is 63.0 Å². The van der Waals surface area contributed by atoms with Gasteiger partial charge < -0.3 is 15.2 Å². The highest BCUT2D eigenvalue weighted by atomic mass is 16.5. The number of hydrogen-bond donors (Lipinski definition) is 2. The third kappa shape index (κ3) is 6.35. The number of aliphatic carboxylic acids is 1. The summed E-state index contributed by atoms with van der Waals surface area (Å²) in [5.74, 6) is -0.768. The van der Waals surface area contributed by atoms with E-state index in [9.17, 15) is 14.7 Å². The molecule has 1 atom stereocenters. The Kier molecular flexibility index (Phi) is 9.31. The number of alkyl carbamates (subject to hydrolysis) is 1. The fourth-order valence-electron chi connectivity index (χ4n) is 4.60. The van der Waals surface area contributed by atoms with Crippen molar-refractivity contribution in [3.05, 3.63) is 59.7 Å². The van der Waals surface area contributed by atoms with Crippen LogP contribution >= 0.6 is 0 Å². The minimum absolute atomic E-state index is 0.0228. The first-order valence-corrected chi connectivity index (χ1v) is 12.1. The van der Waals surface area contributed by atoms with E-state index >= 15 is 0 Å². The number of benzene rings is 2. The maximum Gasteiger partial charge on any atom is 0.407 e. The molecule has 2 aromatic carbocycles. The molecule has 178 valence electrons. The van der Waals surface area contributed by atoms with Crippen molar-refractivity contribution in [1.82, 2.24) is 10.2 Å². The minimum Gasteiger partial charge on any atom is -0.480 e. The van der Waals surface area contributed by atoms with E-state index in [1.165, 1.54) is 22.3 Å². The molecular weight excluding hydrogens is 416 g/mol. The molecule has 1 amide bonds. The number of nitrogens with zero attached hydrogens (tertiary/aromatic N) is 1. The van der Waals surface area contributed by atoms with E-state index in [2.05, 4.69) is 43.4 Å². The first-order valence-electron chi connectivity index (χ1n) is 12.1. The van der Waals surface area contributed by atoms with Crippen molar-refractivity contribution in [3.8, 4) is 11.1 Å². The van der Waals surface area contributed by atoms with Crippen LogP contribution in [0.15, 0.2) is 48.5 Å². The zero-order valence-electron chi connectivity index (χ0n) is 19.8. The second-order valence-corrected chi connectivity index (χ2v) is 8.64. The molecule has 0 heterocycles. The van der Waals surface area contributed by atoms with Gasteiger partial charge in [0.15, 0.2) is 0 Å². The monoisotopic (exact) mass is 452 g/mol. The zero-order valence-corrected chi connectivity index (χ0v) is 19.8. The van der Waals surface area contributed by atoms with Gasteiger partial charge in [-0.2, -0.15) is 0 Å². The highest BCUT2D eigenvalue weighted by Crippen LogP contribution is 2.44. The largest absolute Gasteiger partial charge is 0.480 e. The summed E-state index contributed by atoms with van der Waals surface area (Å²) in [5, 5.41) is 12.5. The van der Waals surface area contributed by atoms with E-state index in [0.717, 1.165) is 25.7 Å². The highest BCUT2D eigenvalue weighted by molar-refractivity contribution is 5.79. The fourth-order valence-corrected chi connectivity index (χ4v) is 4.60. The van der Waals surface area contributed by atoms with Gasteiger partial charge in [-0.05, 0) is 41.6 Å². The number of fused-ring (bicyclic) bond motifs is 3. The lowest BCUT2D eigenvalue weighted by Gasteiger charge is -2.29. The Morgan fingerprint density at radius 2 is 1.58 bits per heavy atom. The van der Waals surface area contributed by atoms with Crippen LogP contribution in [0.5, 0.6) is 0 Å². The average Bonchev–Trinajstić information content (AvgIpc) is 3.14. The van der Waals surface area contributed by atoms with Crippen molar-refractivity contribution >= 4 is 12.1 Å². The summed E-state index contributed by atoms with van der Waals surface area (Å²) < 4.78 is 5.59. The smallest absolute Gasteiger partial charge is 0.407 e. The molecule has 3 rings (SSSR count). The highest BCUT2D eigenvalue weighted by Gasteiger charge is 2.29. The Hall–Kier alpha value is -2.86. The summed E-state index contributed by atoms with van der Waals surface area (Å²) >= 11 is 0. The minimum atomic E-state index is -0.791. The molecule has 6 heteroatoms. The lowest BCUT2D eigenvalue weighted by atomic mass is 9.98. The lowest BCUT2D eigenvalue weighted by Crippen LogP contribution is -2.45. The van der Waals surface area contributed by atoms with Gasteiger partial charge in [0.05, 0.1) is 0 Å². The summed E-state index contributed by atoms with van der Waals surface area (Å²) in [4.78, 5) is 26.2. The van der Waals surface area contributed by atoms with Crippen LogP contribution in [0.4, 0.5) is 4.79 Å². The maximum absolute atomic E-state index is 12.4. The van der Waals surface area contributed by atoms with Gasteiger partial charge in [0.2, 0.25) is 0 Å². The summed E-state index contributed by atoms with van der Waals surface area (Å²) in [6.07, 6.45) is 3.92. The Balaban J connectivity index is 1.54. The van der Waals surface area contributed by atoms with Gasteiger partial charge in [-0.15, -0.1) is 0 Å². The molecule has 0 unspecified atom stereocenters. The van der Waals surface area contributed by atoms with Crippen LogP contribution in [0.3, 0.4) is 0 Å². The molecule has 2 aromatic rings. The van der Waals surface area contributed by atoms with Crippen LogP contribution in [0, 0.1) is 0 Å². The van der Waals surface area contributed by atoms with Crippen LogP contribution < -0.4 is 5.32 Å². The number of carboxylic acids is 1. The molecule has 0 fully saturated rings. The quantitative estimate of drug-likeness (QED) is 0.433. The Morgan fingerprint density at radius 3 is 2.15 bits per heavy atom. The van der Waals surface area contributed by atoms with E-state index in [-0.39, 0.29) is 12.5 Å². The van der Waals surface area contributed by atoms with Crippen molar-refractivity contribution in [3.63, 3.8) is 0 Å². The van der Waals surface area contributed by atoms with Crippen LogP contribution in [-0.2, 0) is 9.53 Å². The molecule has 1 aliphatic rings. The van der Waals surface area contributed by atoms with Crippen molar-refractivity contribution in [2.24, 2.45) is 0 Å². The van der Waals surface area contributed by atoms with Crippen LogP contribution in [0.2, 0.25) is 0 Å². The van der Waals surface area contributed by atoms with Gasteiger partial charge in [-0.25, -0.2) is 4.79 Å². The SMILES string of the molecule is CCCC[C@@H](C(=O)O)N(CCCC)CCNC(=O)OCC1c2ccccc2-c2ccccc21. The first-order chi connectivity index (χ1) is 16.1. The number of nitrogens with one attached hydrogen (secondary N) is 1. The number of amides is 1. The standard InChI is InChI=1S/C27H36N2O4/c1-3-5-15-25(26(30)31)29(17-6-4-2)18-16-28-27(32)33-19-24-22-13-9-7-11-20(22)21-12-8-10-14-23(21)24/h7-14,24-25H,3-6,15-19H2,1-2H3,(H,28,32)(H,30,31)/t25-/m0/s1. The predicted molar refractivity (Wildman–Crippen MR) is 131 cm³/mol. The summed E-state index contributed by atoms with van der Waals surface area (Å²) in [6.45, 7) is 5.99. The number of carbonyl (C=O) groups is 2. The van der Waals surface area contributed by atoms with Gasteiger partial charge in [-0.1, -0.05) is 81.6 Å². The van der Waals surface area contributed by atoms with Gasteiger partial charge in [0.1, 0.15) is 12.6 Å². The molecule has 1 aliphatic carbocycles. The van der Waals surface area contributed by atoms with Gasteiger partial charge in [0.25, 0.3) is 0 Å². The van der Waals surface area contributed by atoms with Crippen LogP contribution in [0.25, 0.3) is 11.1 Å². The normalized spacial score (nSPS) is 13.4. The summed E-state index contributed by atoms with van der Waals surface area (Å²) in [6, 6.07) is 16.0. The molecule has 2 N–H and O–H groups in total. The van der Waals surface area contributed by atoms with E-state index < -0.39 is 18.1 Å². The number of rotatable bonds is 13. The summed E-state index contributed by atoms with van der Waals surface area (Å²) in [7, 11) is 0. The number of hydrogen-bond acceptors (Lipinski definition) is 4. The second kappa shape index (κ2) is 12.4. The van der Waals surface area contributed by atoms with Crippen molar-refractivity contribution in [1.29, 1.82) is 0 Å². The molecule has 0 aromatic heterocycles. The van der Waals surface area contributed by atoms with E-state index in [1.54, 1.807) is 0 Å². The number of unbranched alkanes of at least 4 members (excludes halogenated alkanes) is 2. The topological polar surface area (TPSA) is 78.9 Å². The van der Waals surface area contributed by atoms with Crippen LogP contribution in [-0.4, -0.2) is 54.4 Å². The summed E-state index contributed by atoms with van der Waals surface area (Å²) in [5.41, 5.74) is 4.75. The molecular formula is C27H36N2O4. The predicted octanol–water partition coefficient (Wildman–Crippen LogP) is 5.27. The molecule has 0 saturated heterocycles.